The van der Waals surface area contributed by atoms with Gasteiger partial charge in [-0.1, -0.05) is 20.3 Å². The Bertz CT molecular complexity index is 300. The smallest absolute Gasteiger partial charge is 0.410 e. The van der Waals surface area contributed by atoms with Gasteiger partial charge in [-0.25, -0.2) is 4.79 Å². The van der Waals surface area contributed by atoms with Gasteiger partial charge >= 0.3 is 6.09 Å². The summed E-state index contributed by atoms with van der Waals surface area (Å²) in [7, 11) is 0. The molecule has 1 fully saturated rings. The van der Waals surface area contributed by atoms with E-state index in [-0.39, 0.29) is 18.1 Å². The highest BCUT2D eigenvalue weighted by atomic mass is 16.6. The maximum Gasteiger partial charge on any atom is 0.410 e. The Hall–Kier alpha value is -0.810. The van der Waals surface area contributed by atoms with Gasteiger partial charge in [0.15, 0.2) is 0 Å². The van der Waals surface area contributed by atoms with Gasteiger partial charge in [-0.3, -0.25) is 4.90 Å². The minimum absolute atomic E-state index is 0.122. The van der Waals surface area contributed by atoms with Crippen molar-refractivity contribution < 1.29 is 19.4 Å². The second-order valence-corrected chi connectivity index (χ2v) is 6.19. The van der Waals surface area contributed by atoms with Crippen molar-refractivity contribution in [3.8, 4) is 0 Å². The normalized spacial score (nSPS) is 23.9. The molecule has 0 saturated carbocycles. The average molecular weight is 273 g/mol. The van der Waals surface area contributed by atoms with Gasteiger partial charge < -0.3 is 14.6 Å². The van der Waals surface area contributed by atoms with Crippen LogP contribution in [0.4, 0.5) is 4.79 Å². The number of amides is 1. The van der Waals surface area contributed by atoms with Crippen LogP contribution in [0, 0.1) is 5.92 Å². The predicted molar refractivity (Wildman–Crippen MR) is 73.0 cm³/mol. The molecule has 19 heavy (non-hydrogen) atoms. The molecule has 5 heteroatoms. The Kier molecular flexibility index (Phi) is 5.62. The fourth-order valence-electron chi connectivity index (χ4n) is 2.07. The van der Waals surface area contributed by atoms with Crippen LogP contribution in [0.1, 0.15) is 41.0 Å². The Morgan fingerprint density at radius 1 is 1.53 bits per heavy atom. The molecule has 0 aromatic carbocycles. The van der Waals surface area contributed by atoms with E-state index in [1.807, 2.05) is 34.6 Å². The number of aliphatic hydroxyl groups is 1. The van der Waals surface area contributed by atoms with Crippen LogP contribution in [0.15, 0.2) is 0 Å². The number of hydrogen-bond donors (Lipinski definition) is 1. The number of hydrogen-bond acceptors (Lipinski definition) is 4. The molecule has 0 aromatic rings. The number of ether oxygens (including phenoxy) is 2. The molecule has 0 spiro atoms. The average Bonchev–Trinajstić information content (AvgIpc) is 2.35. The lowest BCUT2D eigenvalue weighted by Crippen LogP contribution is -2.56. The van der Waals surface area contributed by atoms with E-state index in [0.717, 1.165) is 6.42 Å². The molecule has 1 saturated heterocycles. The van der Waals surface area contributed by atoms with E-state index in [0.29, 0.717) is 19.8 Å². The van der Waals surface area contributed by atoms with E-state index < -0.39 is 11.7 Å². The fraction of sp³-hybridized carbons (Fsp3) is 0.929. The van der Waals surface area contributed by atoms with Crippen LogP contribution in [0.5, 0.6) is 0 Å². The quantitative estimate of drug-likeness (QED) is 0.854. The number of aliphatic hydroxyl groups excluding tert-OH is 1. The lowest BCUT2D eigenvalue weighted by molar-refractivity contribution is -0.0778. The summed E-state index contributed by atoms with van der Waals surface area (Å²) in [5.74, 6) is 0.122. The van der Waals surface area contributed by atoms with Crippen molar-refractivity contribution in [3.63, 3.8) is 0 Å². The Labute approximate surface area is 115 Å². The summed E-state index contributed by atoms with van der Waals surface area (Å²) in [5.41, 5.74) is -0.527. The lowest BCUT2D eigenvalue weighted by Gasteiger charge is -2.40. The summed E-state index contributed by atoms with van der Waals surface area (Å²) < 4.78 is 10.8. The van der Waals surface area contributed by atoms with Crippen molar-refractivity contribution in [2.24, 2.45) is 5.92 Å². The molecule has 5 nitrogen and oxygen atoms in total. The molecular weight excluding hydrogens is 246 g/mol. The highest BCUT2D eigenvalue weighted by molar-refractivity contribution is 5.68. The minimum Gasteiger partial charge on any atom is -0.444 e. The monoisotopic (exact) mass is 273 g/mol. The molecule has 1 N–H and O–H groups in total. The zero-order valence-corrected chi connectivity index (χ0v) is 12.7. The Morgan fingerprint density at radius 3 is 2.68 bits per heavy atom. The van der Waals surface area contributed by atoms with E-state index >= 15 is 0 Å². The molecule has 1 rings (SSSR count). The van der Waals surface area contributed by atoms with Crippen LogP contribution < -0.4 is 0 Å². The molecule has 1 aliphatic heterocycles. The summed E-state index contributed by atoms with van der Waals surface area (Å²) in [6.45, 7) is 10.8. The van der Waals surface area contributed by atoms with E-state index in [9.17, 15) is 9.90 Å². The first kappa shape index (κ1) is 16.2. The van der Waals surface area contributed by atoms with Gasteiger partial charge in [0.05, 0.1) is 25.4 Å². The van der Waals surface area contributed by atoms with Crippen LogP contribution in [-0.2, 0) is 9.47 Å². The lowest BCUT2D eigenvalue weighted by atomic mass is 9.94. The van der Waals surface area contributed by atoms with Gasteiger partial charge in [0, 0.05) is 6.54 Å². The second-order valence-electron chi connectivity index (χ2n) is 6.19. The van der Waals surface area contributed by atoms with Crippen molar-refractivity contribution in [2.45, 2.75) is 58.8 Å². The SMILES string of the molecule is CCC(C)C(O)C1COCCN1C(=O)OC(C)(C)C. The van der Waals surface area contributed by atoms with Crippen LogP contribution >= 0.6 is 0 Å². The number of morpholine rings is 1. The predicted octanol–water partition coefficient (Wildman–Crippen LogP) is 2.03. The van der Waals surface area contributed by atoms with Gasteiger partial charge in [-0.2, -0.15) is 0 Å². The molecule has 3 atom stereocenters. The summed E-state index contributed by atoms with van der Waals surface area (Å²) in [6, 6.07) is -0.321. The molecule has 1 aliphatic rings. The second kappa shape index (κ2) is 6.57. The van der Waals surface area contributed by atoms with Crippen molar-refractivity contribution in [1.82, 2.24) is 4.90 Å². The van der Waals surface area contributed by atoms with Crippen LogP contribution in [0.2, 0.25) is 0 Å². The molecule has 112 valence electrons. The summed E-state index contributed by atoms with van der Waals surface area (Å²) >= 11 is 0. The van der Waals surface area contributed by atoms with Gasteiger partial charge in [0.2, 0.25) is 0 Å². The number of carbonyl (C=O) groups is 1. The molecule has 1 amide bonds. The molecule has 0 aliphatic carbocycles. The van der Waals surface area contributed by atoms with Crippen LogP contribution in [-0.4, -0.2) is 53.6 Å². The first-order valence-electron chi connectivity index (χ1n) is 7.01. The molecule has 1 heterocycles. The third-order valence-corrected chi connectivity index (χ3v) is 3.41. The van der Waals surface area contributed by atoms with Crippen molar-refractivity contribution in [1.29, 1.82) is 0 Å². The van der Waals surface area contributed by atoms with Gasteiger partial charge in [-0.05, 0) is 26.7 Å². The Morgan fingerprint density at radius 2 is 2.16 bits per heavy atom. The van der Waals surface area contributed by atoms with E-state index in [1.165, 1.54) is 0 Å². The Balaban J connectivity index is 2.74. The van der Waals surface area contributed by atoms with Crippen LogP contribution in [0.3, 0.4) is 0 Å². The first-order chi connectivity index (χ1) is 8.76. The van der Waals surface area contributed by atoms with Crippen molar-refractivity contribution in [3.05, 3.63) is 0 Å². The van der Waals surface area contributed by atoms with Crippen LogP contribution in [0.25, 0.3) is 0 Å². The summed E-state index contributed by atoms with van der Waals surface area (Å²) in [6.07, 6.45) is -0.0965. The minimum atomic E-state index is -0.585. The van der Waals surface area contributed by atoms with E-state index in [4.69, 9.17) is 9.47 Å². The fourth-order valence-corrected chi connectivity index (χ4v) is 2.07. The zero-order valence-electron chi connectivity index (χ0n) is 12.7. The molecule has 0 bridgehead atoms. The van der Waals surface area contributed by atoms with E-state index in [2.05, 4.69) is 0 Å². The maximum absolute atomic E-state index is 12.2. The molecule has 0 radical (unpaired) electrons. The number of carbonyl (C=O) groups excluding carboxylic acids is 1. The standard InChI is InChI=1S/C14H27NO4/c1-6-10(2)12(16)11-9-18-8-7-15(11)13(17)19-14(3,4)5/h10-12,16H,6-9H2,1-5H3. The van der Waals surface area contributed by atoms with Gasteiger partial charge in [0.1, 0.15) is 5.60 Å². The number of nitrogens with zero attached hydrogens (tertiary/aromatic N) is 1. The first-order valence-corrected chi connectivity index (χ1v) is 7.01. The van der Waals surface area contributed by atoms with E-state index in [1.54, 1.807) is 4.90 Å². The molecule has 3 unspecified atom stereocenters. The molecular formula is C14H27NO4. The van der Waals surface area contributed by atoms with Crippen molar-refractivity contribution >= 4 is 6.09 Å². The summed E-state index contributed by atoms with van der Waals surface area (Å²) in [5, 5.41) is 10.3. The highest BCUT2D eigenvalue weighted by Crippen LogP contribution is 2.21. The zero-order chi connectivity index (χ0) is 14.6. The topological polar surface area (TPSA) is 59.0 Å². The maximum atomic E-state index is 12.2. The van der Waals surface area contributed by atoms with Crippen molar-refractivity contribution in [2.75, 3.05) is 19.8 Å². The molecule has 0 aromatic heterocycles. The highest BCUT2D eigenvalue weighted by Gasteiger charge is 2.36. The van der Waals surface area contributed by atoms with Gasteiger partial charge in [-0.15, -0.1) is 0 Å². The third-order valence-electron chi connectivity index (χ3n) is 3.41. The van der Waals surface area contributed by atoms with Gasteiger partial charge in [0.25, 0.3) is 0 Å². The summed E-state index contributed by atoms with van der Waals surface area (Å²) in [4.78, 5) is 13.8. The largest absolute Gasteiger partial charge is 0.444 e. The third kappa shape index (κ3) is 4.66. The number of rotatable bonds is 3.